The van der Waals surface area contributed by atoms with E-state index in [0.717, 1.165) is 31.6 Å². The number of carbonyl (C=O) groups is 1. The van der Waals surface area contributed by atoms with Gasteiger partial charge in [0.2, 0.25) is 5.91 Å². The third kappa shape index (κ3) is 2.94. The molecular weight excluding hydrogens is 271 g/mol. The molecule has 5 heteroatoms. The molecule has 2 aliphatic heterocycles. The summed E-state index contributed by atoms with van der Waals surface area (Å²) in [6, 6.07) is 3.21. The van der Waals surface area contributed by atoms with E-state index in [4.69, 9.17) is 4.74 Å². The molecule has 2 heterocycles. The van der Waals surface area contributed by atoms with Crippen LogP contribution >= 0.6 is 0 Å². The number of fused-ring (bicyclic) bond motifs is 1. The Kier molecular flexibility index (Phi) is 4.22. The van der Waals surface area contributed by atoms with Gasteiger partial charge in [0, 0.05) is 24.3 Å². The first-order valence-corrected chi connectivity index (χ1v) is 7.66. The molecule has 1 fully saturated rings. The minimum atomic E-state index is -0.280. The summed E-state index contributed by atoms with van der Waals surface area (Å²) in [5.41, 5.74) is 2.26. The molecule has 1 saturated heterocycles. The largest absolute Gasteiger partial charge is 0.376 e. The van der Waals surface area contributed by atoms with Crippen molar-refractivity contribution in [2.24, 2.45) is 0 Å². The summed E-state index contributed by atoms with van der Waals surface area (Å²) in [5.74, 6) is -0.325. The van der Waals surface area contributed by atoms with E-state index in [2.05, 4.69) is 10.6 Å². The maximum atomic E-state index is 14.5. The third-order valence-electron chi connectivity index (χ3n) is 4.21. The number of carbonyl (C=O) groups excluding carboxylic acids is 1. The van der Waals surface area contributed by atoms with Crippen LogP contribution in [0.1, 0.15) is 43.4 Å². The number of benzene rings is 1. The highest BCUT2D eigenvalue weighted by Crippen LogP contribution is 2.33. The number of amides is 1. The molecule has 0 bridgehead atoms. The molecule has 114 valence electrons. The first-order chi connectivity index (χ1) is 10.2. The van der Waals surface area contributed by atoms with E-state index < -0.39 is 0 Å². The molecule has 4 nitrogen and oxygen atoms in total. The lowest BCUT2D eigenvalue weighted by atomic mass is 9.93. The van der Waals surface area contributed by atoms with Crippen LogP contribution in [0.4, 0.5) is 10.1 Å². The van der Waals surface area contributed by atoms with Crippen molar-refractivity contribution < 1.29 is 13.9 Å². The fraction of sp³-hybridized carbons (Fsp3) is 0.562. The molecule has 0 spiro atoms. The Morgan fingerprint density at radius 1 is 1.48 bits per heavy atom. The molecule has 0 radical (unpaired) electrons. The number of anilines is 1. The molecule has 1 aromatic carbocycles. The SMILES string of the molecule is CCNC(c1cc2c(cc1F)NC(=O)CC2)C1CCCO1. The summed E-state index contributed by atoms with van der Waals surface area (Å²) < 4.78 is 20.2. The molecule has 0 aliphatic carbocycles. The van der Waals surface area contributed by atoms with Gasteiger partial charge in [0.25, 0.3) is 0 Å². The maximum Gasteiger partial charge on any atom is 0.224 e. The van der Waals surface area contributed by atoms with Crippen molar-refractivity contribution in [2.75, 3.05) is 18.5 Å². The number of nitrogens with one attached hydrogen (secondary N) is 2. The predicted molar refractivity (Wildman–Crippen MR) is 78.7 cm³/mol. The number of hydrogen-bond donors (Lipinski definition) is 2. The zero-order chi connectivity index (χ0) is 14.8. The molecule has 2 unspecified atom stereocenters. The van der Waals surface area contributed by atoms with Gasteiger partial charge in [-0.25, -0.2) is 4.39 Å². The van der Waals surface area contributed by atoms with E-state index in [1.807, 2.05) is 13.0 Å². The number of aryl methyl sites for hydroxylation is 1. The minimum absolute atomic E-state index is 0.0238. The number of halogens is 1. The molecule has 3 rings (SSSR count). The van der Waals surface area contributed by atoms with Crippen molar-refractivity contribution in [3.05, 3.63) is 29.1 Å². The van der Waals surface area contributed by atoms with Crippen LogP contribution in [0.25, 0.3) is 0 Å². The predicted octanol–water partition coefficient (Wildman–Crippen LogP) is 2.54. The van der Waals surface area contributed by atoms with Crippen molar-refractivity contribution in [3.63, 3.8) is 0 Å². The maximum absolute atomic E-state index is 14.5. The van der Waals surface area contributed by atoms with Crippen molar-refractivity contribution in [2.45, 2.75) is 44.8 Å². The summed E-state index contributed by atoms with van der Waals surface area (Å²) in [7, 11) is 0. The van der Waals surface area contributed by atoms with Gasteiger partial charge in [-0.15, -0.1) is 0 Å². The van der Waals surface area contributed by atoms with Crippen LogP contribution in [0.3, 0.4) is 0 Å². The van der Waals surface area contributed by atoms with E-state index in [-0.39, 0.29) is 23.9 Å². The second kappa shape index (κ2) is 6.12. The van der Waals surface area contributed by atoms with Gasteiger partial charge in [0.1, 0.15) is 5.82 Å². The lowest BCUT2D eigenvalue weighted by Crippen LogP contribution is -2.32. The Labute approximate surface area is 124 Å². The first kappa shape index (κ1) is 14.5. The van der Waals surface area contributed by atoms with Gasteiger partial charge in [-0.05, 0) is 43.5 Å². The Morgan fingerprint density at radius 2 is 2.33 bits per heavy atom. The second-order valence-electron chi connectivity index (χ2n) is 5.67. The van der Waals surface area contributed by atoms with Gasteiger partial charge in [0.05, 0.1) is 12.1 Å². The third-order valence-corrected chi connectivity index (χ3v) is 4.21. The lowest BCUT2D eigenvalue weighted by molar-refractivity contribution is -0.116. The summed E-state index contributed by atoms with van der Waals surface area (Å²) >= 11 is 0. The van der Waals surface area contributed by atoms with E-state index in [1.54, 1.807) is 0 Å². The summed E-state index contributed by atoms with van der Waals surface area (Å²) in [4.78, 5) is 11.4. The van der Waals surface area contributed by atoms with Gasteiger partial charge < -0.3 is 15.4 Å². The number of rotatable bonds is 4. The molecular formula is C16H21FN2O2. The van der Waals surface area contributed by atoms with Crippen LogP contribution < -0.4 is 10.6 Å². The minimum Gasteiger partial charge on any atom is -0.376 e. The van der Waals surface area contributed by atoms with Crippen molar-refractivity contribution in [3.8, 4) is 0 Å². The van der Waals surface area contributed by atoms with Gasteiger partial charge in [-0.3, -0.25) is 4.79 Å². The fourth-order valence-electron chi connectivity index (χ4n) is 3.19. The van der Waals surface area contributed by atoms with E-state index in [0.29, 0.717) is 24.1 Å². The highest BCUT2D eigenvalue weighted by Gasteiger charge is 2.30. The fourth-order valence-corrected chi connectivity index (χ4v) is 3.19. The average Bonchev–Trinajstić information content (AvgIpc) is 2.98. The Morgan fingerprint density at radius 3 is 3.05 bits per heavy atom. The normalized spacial score (nSPS) is 22.8. The Balaban J connectivity index is 1.93. The quantitative estimate of drug-likeness (QED) is 0.896. The molecule has 1 amide bonds. The van der Waals surface area contributed by atoms with Gasteiger partial charge in [-0.1, -0.05) is 6.92 Å². The highest BCUT2D eigenvalue weighted by molar-refractivity contribution is 5.93. The molecule has 1 aromatic rings. The van der Waals surface area contributed by atoms with Crippen LogP contribution in [-0.4, -0.2) is 25.2 Å². The Hall–Kier alpha value is -1.46. The summed E-state index contributed by atoms with van der Waals surface area (Å²) in [5, 5.41) is 6.08. The molecule has 2 aliphatic rings. The number of likely N-dealkylation sites (N-methyl/N-ethyl adjacent to an activating group) is 1. The van der Waals surface area contributed by atoms with Crippen LogP contribution in [0.15, 0.2) is 12.1 Å². The monoisotopic (exact) mass is 292 g/mol. The van der Waals surface area contributed by atoms with Crippen LogP contribution in [0.5, 0.6) is 0 Å². The molecule has 21 heavy (non-hydrogen) atoms. The van der Waals surface area contributed by atoms with E-state index in [1.165, 1.54) is 6.07 Å². The van der Waals surface area contributed by atoms with Gasteiger partial charge in [-0.2, -0.15) is 0 Å². The molecule has 2 atom stereocenters. The second-order valence-corrected chi connectivity index (χ2v) is 5.67. The van der Waals surface area contributed by atoms with Crippen LogP contribution in [-0.2, 0) is 16.0 Å². The van der Waals surface area contributed by atoms with E-state index >= 15 is 0 Å². The average molecular weight is 292 g/mol. The summed E-state index contributed by atoms with van der Waals surface area (Å²) in [6.07, 6.45) is 3.12. The van der Waals surface area contributed by atoms with Gasteiger partial charge >= 0.3 is 0 Å². The smallest absolute Gasteiger partial charge is 0.224 e. The number of hydrogen-bond acceptors (Lipinski definition) is 3. The van der Waals surface area contributed by atoms with Crippen molar-refractivity contribution in [1.82, 2.24) is 5.32 Å². The lowest BCUT2D eigenvalue weighted by Gasteiger charge is -2.27. The zero-order valence-corrected chi connectivity index (χ0v) is 12.2. The topological polar surface area (TPSA) is 50.4 Å². The zero-order valence-electron chi connectivity index (χ0n) is 12.2. The summed E-state index contributed by atoms with van der Waals surface area (Å²) in [6.45, 7) is 3.52. The highest BCUT2D eigenvalue weighted by atomic mass is 19.1. The Bertz CT molecular complexity index is 541. The molecule has 0 saturated carbocycles. The van der Waals surface area contributed by atoms with Crippen LogP contribution in [0.2, 0.25) is 0 Å². The first-order valence-electron chi connectivity index (χ1n) is 7.66. The molecule has 0 aromatic heterocycles. The van der Waals surface area contributed by atoms with E-state index in [9.17, 15) is 9.18 Å². The van der Waals surface area contributed by atoms with Crippen molar-refractivity contribution >= 4 is 11.6 Å². The standard InChI is InChI=1S/C16H21FN2O2/c1-2-18-16(14-4-3-7-21-14)11-8-10-5-6-15(20)19-13(10)9-12(11)17/h8-9,14,16,18H,2-7H2,1H3,(H,19,20). The molecule has 2 N–H and O–H groups in total. The van der Waals surface area contributed by atoms with Gasteiger partial charge in [0.15, 0.2) is 0 Å². The van der Waals surface area contributed by atoms with Crippen molar-refractivity contribution in [1.29, 1.82) is 0 Å². The number of ether oxygens (including phenoxy) is 1. The van der Waals surface area contributed by atoms with Crippen LogP contribution in [0, 0.1) is 5.82 Å².